The topological polar surface area (TPSA) is 109 Å². The zero-order valence-electron chi connectivity index (χ0n) is 14.4. The Morgan fingerprint density at radius 1 is 0.815 bits per heavy atom. The molecule has 27 heavy (non-hydrogen) atoms. The minimum atomic E-state index is 0.120. The molecule has 2 heterocycles. The predicted octanol–water partition coefficient (Wildman–Crippen LogP) is 3.18. The van der Waals surface area contributed by atoms with E-state index in [2.05, 4.69) is 48.8 Å². The van der Waals surface area contributed by atoms with Crippen LogP contribution in [-0.4, -0.2) is 24.5 Å². The van der Waals surface area contributed by atoms with Crippen molar-refractivity contribution < 1.29 is 0 Å². The van der Waals surface area contributed by atoms with Crippen molar-refractivity contribution >= 4 is 23.7 Å². The fourth-order valence-electron chi connectivity index (χ4n) is 2.73. The molecule has 2 aromatic heterocycles. The van der Waals surface area contributed by atoms with Gasteiger partial charge in [-0.05, 0) is 12.1 Å². The standard InChI is InChI=1S/C19H17N7S/c20-17-23-16(24-18(21)25-17)12-27-19-22-11-15(13-7-3-1-4-8-13)26(19)14-9-5-2-6-10-14/h1-11H,12H2,(H4,20,21,23,24,25). The molecule has 0 aliphatic heterocycles. The molecule has 4 rings (SSSR count). The zero-order valence-corrected chi connectivity index (χ0v) is 15.2. The second-order valence-corrected chi connectivity index (χ2v) is 6.66. The third kappa shape index (κ3) is 3.75. The summed E-state index contributed by atoms with van der Waals surface area (Å²) in [6, 6.07) is 20.3. The lowest BCUT2D eigenvalue weighted by Gasteiger charge is -2.12. The van der Waals surface area contributed by atoms with Crippen LogP contribution < -0.4 is 11.5 Å². The minimum absolute atomic E-state index is 0.120. The van der Waals surface area contributed by atoms with E-state index in [1.165, 1.54) is 11.8 Å². The highest BCUT2D eigenvalue weighted by Gasteiger charge is 2.15. The largest absolute Gasteiger partial charge is 0.368 e. The summed E-state index contributed by atoms with van der Waals surface area (Å²) < 4.78 is 2.12. The van der Waals surface area contributed by atoms with Gasteiger partial charge < -0.3 is 11.5 Å². The van der Waals surface area contributed by atoms with Gasteiger partial charge in [0.15, 0.2) is 5.16 Å². The molecule has 7 nitrogen and oxygen atoms in total. The SMILES string of the molecule is Nc1nc(N)nc(CSc2ncc(-c3ccccc3)n2-c2ccccc2)n1. The molecular formula is C19H17N7S. The molecule has 0 radical (unpaired) electrons. The number of nitrogens with two attached hydrogens (primary N) is 2. The highest BCUT2D eigenvalue weighted by molar-refractivity contribution is 7.98. The number of anilines is 2. The first-order valence-corrected chi connectivity index (χ1v) is 9.26. The van der Waals surface area contributed by atoms with Crippen LogP contribution in [0.4, 0.5) is 11.9 Å². The van der Waals surface area contributed by atoms with E-state index in [0.29, 0.717) is 11.6 Å². The Labute approximate surface area is 160 Å². The average Bonchev–Trinajstić information content (AvgIpc) is 3.11. The van der Waals surface area contributed by atoms with Crippen molar-refractivity contribution in [3.05, 3.63) is 72.7 Å². The molecule has 134 valence electrons. The molecule has 0 aliphatic rings. The fraction of sp³-hybridized carbons (Fsp3) is 0.0526. The third-order valence-electron chi connectivity index (χ3n) is 3.86. The summed E-state index contributed by atoms with van der Waals surface area (Å²) in [5.41, 5.74) is 14.5. The lowest BCUT2D eigenvalue weighted by Crippen LogP contribution is -2.06. The molecule has 0 spiro atoms. The molecular weight excluding hydrogens is 358 g/mol. The number of hydrogen-bond acceptors (Lipinski definition) is 7. The van der Waals surface area contributed by atoms with E-state index >= 15 is 0 Å². The summed E-state index contributed by atoms with van der Waals surface area (Å²) in [4.78, 5) is 16.7. The number of benzene rings is 2. The molecule has 8 heteroatoms. The Morgan fingerprint density at radius 2 is 1.44 bits per heavy atom. The van der Waals surface area contributed by atoms with E-state index < -0.39 is 0 Å². The summed E-state index contributed by atoms with van der Waals surface area (Å²) in [6.45, 7) is 0. The number of nitrogen functional groups attached to an aromatic ring is 2. The van der Waals surface area contributed by atoms with Gasteiger partial charge in [-0.25, -0.2) is 4.98 Å². The van der Waals surface area contributed by atoms with Gasteiger partial charge in [0.2, 0.25) is 11.9 Å². The second kappa shape index (κ2) is 7.46. The van der Waals surface area contributed by atoms with Crippen molar-refractivity contribution in [2.24, 2.45) is 0 Å². The Balaban J connectivity index is 1.71. The monoisotopic (exact) mass is 375 g/mol. The Hall–Kier alpha value is -3.39. The average molecular weight is 375 g/mol. The second-order valence-electron chi connectivity index (χ2n) is 5.72. The van der Waals surface area contributed by atoms with Crippen molar-refractivity contribution in [2.75, 3.05) is 11.5 Å². The summed E-state index contributed by atoms with van der Waals surface area (Å²) >= 11 is 1.52. The predicted molar refractivity (Wildman–Crippen MR) is 107 cm³/mol. The molecule has 0 fully saturated rings. The molecule has 0 saturated carbocycles. The van der Waals surface area contributed by atoms with E-state index in [-0.39, 0.29) is 11.9 Å². The normalized spacial score (nSPS) is 10.8. The summed E-state index contributed by atoms with van der Waals surface area (Å²) in [5, 5.41) is 0.831. The van der Waals surface area contributed by atoms with Gasteiger partial charge in [0, 0.05) is 11.3 Å². The van der Waals surface area contributed by atoms with E-state index in [9.17, 15) is 0 Å². The van der Waals surface area contributed by atoms with Crippen LogP contribution in [0.1, 0.15) is 5.82 Å². The maximum atomic E-state index is 5.66. The molecule has 0 unspecified atom stereocenters. The summed E-state index contributed by atoms with van der Waals surface area (Å²) in [7, 11) is 0. The number of thioether (sulfide) groups is 1. The van der Waals surface area contributed by atoms with E-state index in [0.717, 1.165) is 22.1 Å². The maximum Gasteiger partial charge on any atom is 0.225 e. The van der Waals surface area contributed by atoms with Gasteiger partial charge in [-0.2, -0.15) is 15.0 Å². The zero-order chi connectivity index (χ0) is 18.6. The molecule has 4 N–H and O–H groups in total. The van der Waals surface area contributed by atoms with Crippen LogP contribution >= 0.6 is 11.8 Å². The van der Waals surface area contributed by atoms with Gasteiger partial charge in [0.25, 0.3) is 0 Å². The van der Waals surface area contributed by atoms with E-state index in [1.54, 1.807) is 0 Å². The molecule has 0 aliphatic carbocycles. The van der Waals surface area contributed by atoms with Crippen molar-refractivity contribution in [3.8, 4) is 16.9 Å². The number of para-hydroxylation sites is 1. The number of nitrogens with zero attached hydrogens (tertiary/aromatic N) is 5. The minimum Gasteiger partial charge on any atom is -0.368 e. The smallest absolute Gasteiger partial charge is 0.225 e. The van der Waals surface area contributed by atoms with Gasteiger partial charge in [-0.1, -0.05) is 60.3 Å². The van der Waals surface area contributed by atoms with Crippen LogP contribution in [0.15, 0.2) is 72.0 Å². The first kappa shape index (κ1) is 17.0. The van der Waals surface area contributed by atoms with E-state index in [1.807, 2.05) is 42.6 Å². The quantitative estimate of drug-likeness (QED) is 0.516. The molecule has 2 aromatic carbocycles. The molecule has 0 bridgehead atoms. The Bertz CT molecular complexity index is 1030. The first-order chi connectivity index (χ1) is 13.2. The van der Waals surface area contributed by atoms with Gasteiger partial charge in [-0.3, -0.25) is 4.57 Å². The van der Waals surface area contributed by atoms with Crippen LogP contribution in [-0.2, 0) is 5.75 Å². The number of imidazole rings is 1. The summed E-state index contributed by atoms with van der Waals surface area (Å²) in [6.07, 6.45) is 1.88. The lowest BCUT2D eigenvalue weighted by molar-refractivity contribution is 0.896. The van der Waals surface area contributed by atoms with Crippen LogP contribution in [0.3, 0.4) is 0 Å². The van der Waals surface area contributed by atoms with Crippen molar-refractivity contribution in [1.29, 1.82) is 0 Å². The number of aromatic nitrogens is 5. The Morgan fingerprint density at radius 3 is 2.11 bits per heavy atom. The van der Waals surface area contributed by atoms with Gasteiger partial charge in [0.05, 0.1) is 17.6 Å². The molecule has 0 atom stereocenters. The maximum absolute atomic E-state index is 5.66. The van der Waals surface area contributed by atoms with E-state index in [4.69, 9.17) is 11.5 Å². The lowest BCUT2D eigenvalue weighted by atomic mass is 10.1. The number of rotatable bonds is 5. The van der Waals surface area contributed by atoms with Crippen molar-refractivity contribution in [2.45, 2.75) is 10.9 Å². The van der Waals surface area contributed by atoms with Crippen molar-refractivity contribution in [3.63, 3.8) is 0 Å². The Kier molecular flexibility index (Phi) is 4.71. The molecule has 0 amide bonds. The highest BCUT2D eigenvalue weighted by Crippen LogP contribution is 2.30. The van der Waals surface area contributed by atoms with Gasteiger partial charge >= 0.3 is 0 Å². The van der Waals surface area contributed by atoms with Gasteiger partial charge in [-0.15, -0.1) is 0 Å². The highest BCUT2D eigenvalue weighted by atomic mass is 32.2. The van der Waals surface area contributed by atoms with Crippen LogP contribution in [0.5, 0.6) is 0 Å². The molecule has 0 saturated heterocycles. The van der Waals surface area contributed by atoms with Gasteiger partial charge in [0.1, 0.15) is 5.82 Å². The van der Waals surface area contributed by atoms with Crippen LogP contribution in [0.2, 0.25) is 0 Å². The third-order valence-corrected chi connectivity index (χ3v) is 4.81. The van der Waals surface area contributed by atoms with Crippen LogP contribution in [0, 0.1) is 0 Å². The fourth-order valence-corrected chi connectivity index (χ4v) is 3.57. The van der Waals surface area contributed by atoms with Crippen molar-refractivity contribution in [1.82, 2.24) is 24.5 Å². The summed E-state index contributed by atoms with van der Waals surface area (Å²) in [5.74, 6) is 1.24. The molecule has 4 aromatic rings. The van der Waals surface area contributed by atoms with Crippen LogP contribution in [0.25, 0.3) is 16.9 Å². The first-order valence-electron chi connectivity index (χ1n) is 8.28. The number of hydrogen-bond donors (Lipinski definition) is 2.